The Balaban J connectivity index is 2.00. The Labute approximate surface area is 171 Å². The van der Waals surface area contributed by atoms with E-state index in [1.165, 1.54) is 18.2 Å². The summed E-state index contributed by atoms with van der Waals surface area (Å²) >= 11 is 3.36. The van der Waals surface area contributed by atoms with Crippen LogP contribution in [-0.4, -0.2) is 37.4 Å². The fraction of sp³-hybridized carbons (Fsp3) is 0.263. The molecule has 0 atom stereocenters. The Hall–Kier alpha value is -2.94. The van der Waals surface area contributed by atoms with E-state index in [0.29, 0.717) is 11.4 Å². The first-order valence-electron chi connectivity index (χ1n) is 8.49. The maximum atomic E-state index is 12.5. The van der Waals surface area contributed by atoms with E-state index in [1.54, 1.807) is 25.1 Å². The lowest BCUT2D eigenvalue weighted by atomic mass is 10.1. The predicted molar refractivity (Wildman–Crippen MR) is 112 cm³/mol. The van der Waals surface area contributed by atoms with E-state index in [1.807, 2.05) is 19.1 Å². The number of non-ortho nitro benzene ring substituents is 1. The molecule has 8 nitrogen and oxygen atoms in total. The second-order valence-electron chi connectivity index (χ2n) is 6.37. The van der Waals surface area contributed by atoms with Gasteiger partial charge >= 0.3 is 0 Å². The van der Waals surface area contributed by atoms with Crippen LogP contribution in [0.5, 0.6) is 0 Å². The van der Waals surface area contributed by atoms with Crippen LogP contribution >= 0.6 is 15.9 Å². The van der Waals surface area contributed by atoms with Crippen LogP contribution in [0.1, 0.15) is 22.3 Å². The van der Waals surface area contributed by atoms with Gasteiger partial charge in [0, 0.05) is 55.0 Å². The molecule has 0 radical (unpaired) electrons. The number of carbonyl (C=O) groups is 2. The van der Waals surface area contributed by atoms with E-state index in [9.17, 15) is 19.7 Å². The Bertz CT molecular complexity index is 915. The molecule has 0 aliphatic rings. The SMILES string of the molecule is Cc1ccc(Br)cc1NC(=O)CCNC(=O)c1cc([N+](=O)[O-])ccc1N(C)C. The molecule has 2 aromatic carbocycles. The van der Waals surface area contributed by atoms with Crippen LogP contribution in [0.4, 0.5) is 17.1 Å². The van der Waals surface area contributed by atoms with Crippen LogP contribution in [0.15, 0.2) is 40.9 Å². The van der Waals surface area contributed by atoms with Gasteiger partial charge in [-0.05, 0) is 30.7 Å². The molecule has 2 N–H and O–H groups in total. The number of halogens is 1. The Morgan fingerprint density at radius 2 is 1.89 bits per heavy atom. The summed E-state index contributed by atoms with van der Waals surface area (Å²) in [5.41, 5.74) is 2.19. The van der Waals surface area contributed by atoms with Crippen LogP contribution < -0.4 is 15.5 Å². The van der Waals surface area contributed by atoms with E-state index in [4.69, 9.17) is 0 Å². The highest BCUT2D eigenvalue weighted by atomic mass is 79.9. The average molecular weight is 449 g/mol. The largest absolute Gasteiger partial charge is 0.377 e. The first kappa shape index (κ1) is 21.4. The first-order chi connectivity index (χ1) is 13.2. The molecule has 0 saturated carbocycles. The highest BCUT2D eigenvalue weighted by molar-refractivity contribution is 9.10. The maximum absolute atomic E-state index is 12.5. The number of anilines is 2. The topological polar surface area (TPSA) is 105 Å². The summed E-state index contributed by atoms with van der Waals surface area (Å²) in [6.45, 7) is 1.99. The van der Waals surface area contributed by atoms with Crippen molar-refractivity contribution in [2.24, 2.45) is 0 Å². The summed E-state index contributed by atoms with van der Waals surface area (Å²) in [7, 11) is 3.48. The zero-order chi connectivity index (χ0) is 20.8. The van der Waals surface area contributed by atoms with Crippen molar-refractivity contribution in [3.63, 3.8) is 0 Å². The third kappa shape index (κ3) is 5.53. The monoisotopic (exact) mass is 448 g/mol. The molecular formula is C19H21BrN4O4. The minimum absolute atomic E-state index is 0.0733. The smallest absolute Gasteiger partial charge is 0.270 e. The van der Waals surface area contributed by atoms with Gasteiger partial charge in [0.05, 0.1) is 10.5 Å². The Kier molecular flexibility index (Phi) is 7.11. The molecule has 2 rings (SSSR count). The minimum Gasteiger partial charge on any atom is -0.377 e. The zero-order valence-electron chi connectivity index (χ0n) is 15.8. The van der Waals surface area contributed by atoms with Gasteiger partial charge in [-0.15, -0.1) is 0 Å². The van der Waals surface area contributed by atoms with Gasteiger partial charge in [0.25, 0.3) is 11.6 Å². The van der Waals surface area contributed by atoms with Gasteiger partial charge in [-0.25, -0.2) is 0 Å². The third-order valence-corrected chi connectivity index (χ3v) is 4.52. The van der Waals surface area contributed by atoms with E-state index in [0.717, 1.165) is 10.0 Å². The van der Waals surface area contributed by atoms with E-state index in [-0.39, 0.29) is 30.1 Å². The van der Waals surface area contributed by atoms with Crippen molar-refractivity contribution in [3.8, 4) is 0 Å². The number of rotatable bonds is 7. The summed E-state index contributed by atoms with van der Waals surface area (Å²) < 4.78 is 0.851. The summed E-state index contributed by atoms with van der Waals surface area (Å²) in [4.78, 5) is 36.8. The molecule has 0 aromatic heterocycles. The molecule has 2 amide bonds. The molecule has 0 fully saturated rings. The first-order valence-corrected chi connectivity index (χ1v) is 9.28. The van der Waals surface area contributed by atoms with Crippen molar-refractivity contribution >= 4 is 44.8 Å². The minimum atomic E-state index is -0.552. The molecule has 0 unspecified atom stereocenters. The summed E-state index contributed by atoms with van der Waals surface area (Å²) in [6, 6.07) is 9.67. The molecule has 0 saturated heterocycles. The third-order valence-electron chi connectivity index (χ3n) is 4.03. The summed E-state index contributed by atoms with van der Waals surface area (Å²) in [6.07, 6.45) is 0.0733. The van der Waals surface area contributed by atoms with Crippen LogP contribution in [0, 0.1) is 17.0 Å². The molecule has 0 aliphatic carbocycles. The van der Waals surface area contributed by atoms with Crippen molar-refractivity contribution in [2.75, 3.05) is 30.9 Å². The van der Waals surface area contributed by atoms with Crippen LogP contribution in [-0.2, 0) is 4.79 Å². The standard InChI is InChI=1S/C19H21BrN4O4/c1-12-4-5-13(20)10-16(12)22-18(25)8-9-21-19(26)15-11-14(24(27)28)6-7-17(15)23(2)3/h4-7,10-11H,8-9H2,1-3H3,(H,21,26)(H,22,25). The van der Waals surface area contributed by atoms with Gasteiger partial charge in [-0.3, -0.25) is 19.7 Å². The number of nitrogens with zero attached hydrogens (tertiary/aromatic N) is 2. The summed E-state index contributed by atoms with van der Waals surface area (Å²) in [5, 5.41) is 16.4. The molecule has 148 valence electrons. The quantitative estimate of drug-likeness (QED) is 0.498. The van der Waals surface area contributed by atoms with Crippen molar-refractivity contribution < 1.29 is 14.5 Å². The highest BCUT2D eigenvalue weighted by Gasteiger charge is 2.18. The van der Waals surface area contributed by atoms with Crippen molar-refractivity contribution in [3.05, 3.63) is 62.1 Å². The molecule has 0 aliphatic heterocycles. The van der Waals surface area contributed by atoms with Gasteiger partial charge < -0.3 is 15.5 Å². The van der Waals surface area contributed by atoms with Crippen molar-refractivity contribution in [1.29, 1.82) is 0 Å². The fourth-order valence-electron chi connectivity index (χ4n) is 2.54. The van der Waals surface area contributed by atoms with Gasteiger partial charge in [0.2, 0.25) is 5.91 Å². The second kappa shape index (κ2) is 9.32. The van der Waals surface area contributed by atoms with Gasteiger partial charge in [0.15, 0.2) is 0 Å². The molecule has 0 bridgehead atoms. The Morgan fingerprint density at radius 3 is 2.54 bits per heavy atom. The number of carbonyl (C=O) groups excluding carboxylic acids is 2. The summed E-state index contributed by atoms with van der Waals surface area (Å²) in [5.74, 6) is -0.716. The lowest BCUT2D eigenvalue weighted by Crippen LogP contribution is -2.29. The highest BCUT2D eigenvalue weighted by Crippen LogP contribution is 2.24. The van der Waals surface area contributed by atoms with Gasteiger partial charge in [0.1, 0.15) is 0 Å². The lowest BCUT2D eigenvalue weighted by molar-refractivity contribution is -0.384. The molecular weight excluding hydrogens is 428 g/mol. The van der Waals surface area contributed by atoms with Gasteiger partial charge in [-0.2, -0.15) is 0 Å². The van der Waals surface area contributed by atoms with E-state index >= 15 is 0 Å². The molecule has 9 heteroatoms. The van der Waals surface area contributed by atoms with Crippen LogP contribution in [0.25, 0.3) is 0 Å². The fourth-order valence-corrected chi connectivity index (χ4v) is 2.90. The predicted octanol–water partition coefficient (Wildman–Crippen LogP) is 3.49. The number of hydrogen-bond donors (Lipinski definition) is 2. The van der Waals surface area contributed by atoms with E-state index in [2.05, 4.69) is 26.6 Å². The Morgan fingerprint density at radius 1 is 1.18 bits per heavy atom. The van der Waals surface area contributed by atoms with E-state index < -0.39 is 10.8 Å². The zero-order valence-corrected chi connectivity index (χ0v) is 17.4. The number of benzene rings is 2. The maximum Gasteiger partial charge on any atom is 0.270 e. The van der Waals surface area contributed by atoms with Crippen LogP contribution in [0.3, 0.4) is 0 Å². The number of aryl methyl sites for hydroxylation is 1. The normalized spacial score (nSPS) is 10.3. The molecule has 0 spiro atoms. The molecule has 2 aromatic rings. The number of nitro groups is 1. The number of hydrogen-bond acceptors (Lipinski definition) is 5. The van der Waals surface area contributed by atoms with Crippen molar-refractivity contribution in [2.45, 2.75) is 13.3 Å². The average Bonchev–Trinajstić information content (AvgIpc) is 2.63. The molecule has 0 heterocycles. The van der Waals surface area contributed by atoms with Crippen molar-refractivity contribution in [1.82, 2.24) is 5.32 Å². The second-order valence-corrected chi connectivity index (χ2v) is 7.28. The number of nitrogens with one attached hydrogen (secondary N) is 2. The molecule has 28 heavy (non-hydrogen) atoms. The van der Waals surface area contributed by atoms with Crippen LogP contribution in [0.2, 0.25) is 0 Å². The number of nitro benzene ring substituents is 1. The number of amides is 2. The van der Waals surface area contributed by atoms with Gasteiger partial charge in [-0.1, -0.05) is 22.0 Å². The lowest BCUT2D eigenvalue weighted by Gasteiger charge is -2.17.